The van der Waals surface area contributed by atoms with E-state index in [9.17, 15) is 22.0 Å². The molecule has 0 unspecified atom stereocenters. The number of piperazine rings is 1. The van der Waals surface area contributed by atoms with Crippen molar-refractivity contribution in [1.29, 1.82) is 0 Å². The maximum Gasteiger partial charge on any atom is 0.243 e. The minimum Gasteiger partial charge on any atom is -0.323 e. The first-order valence-corrected chi connectivity index (χ1v) is 16.0. The van der Waals surface area contributed by atoms with Crippen molar-refractivity contribution in [1.82, 2.24) is 14.6 Å². The SMILES string of the molecule is N[C@H](C(=O)Nc1cncc(F)c1CC[C@H]1CNCCN1S(=O)(=O)c1ccccc1)[C@@H](c1ccc(Cl)cc1)c1cc(F)cc(F)c1. The zero-order chi connectivity index (χ0) is 32.1. The summed E-state index contributed by atoms with van der Waals surface area (Å²) in [4.78, 5) is 17.6. The van der Waals surface area contributed by atoms with E-state index in [-0.39, 0.29) is 41.1 Å². The van der Waals surface area contributed by atoms with Crippen LogP contribution in [0.2, 0.25) is 5.02 Å². The average molecular weight is 658 g/mol. The van der Waals surface area contributed by atoms with Crippen molar-refractivity contribution in [3.05, 3.63) is 124 Å². The van der Waals surface area contributed by atoms with E-state index in [2.05, 4.69) is 15.6 Å². The van der Waals surface area contributed by atoms with Crippen LogP contribution in [-0.2, 0) is 21.2 Å². The van der Waals surface area contributed by atoms with Crippen molar-refractivity contribution >= 4 is 33.2 Å². The minimum atomic E-state index is -3.80. The highest BCUT2D eigenvalue weighted by molar-refractivity contribution is 7.89. The maximum absolute atomic E-state index is 15.2. The number of benzene rings is 3. The lowest BCUT2D eigenvalue weighted by Gasteiger charge is -2.35. The molecule has 3 aromatic carbocycles. The molecular formula is C32H31ClF3N5O3S. The van der Waals surface area contributed by atoms with Crippen LogP contribution in [0.25, 0.3) is 0 Å². The van der Waals surface area contributed by atoms with Crippen LogP contribution in [0.4, 0.5) is 18.9 Å². The highest BCUT2D eigenvalue weighted by atomic mass is 35.5. The Morgan fingerprint density at radius 2 is 1.71 bits per heavy atom. The van der Waals surface area contributed by atoms with Crippen molar-refractivity contribution in [2.75, 3.05) is 25.0 Å². The van der Waals surface area contributed by atoms with Gasteiger partial charge in [-0.05, 0) is 60.4 Å². The van der Waals surface area contributed by atoms with Gasteiger partial charge in [0.25, 0.3) is 0 Å². The van der Waals surface area contributed by atoms with Crippen LogP contribution in [0, 0.1) is 17.5 Å². The summed E-state index contributed by atoms with van der Waals surface area (Å²) in [7, 11) is -3.80. The highest BCUT2D eigenvalue weighted by Crippen LogP contribution is 2.31. The van der Waals surface area contributed by atoms with E-state index in [0.29, 0.717) is 29.7 Å². The van der Waals surface area contributed by atoms with Crippen LogP contribution in [-0.4, -0.2) is 55.3 Å². The van der Waals surface area contributed by atoms with Crippen LogP contribution < -0.4 is 16.4 Å². The average Bonchev–Trinajstić information content (AvgIpc) is 3.02. The third kappa shape index (κ3) is 7.54. The fraction of sp³-hybridized carbons (Fsp3) is 0.250. The molecule has 1 saturated heterocycles. The second-order valence-electron chi connectivity index (χ2n) is 10.7. The molecule has 1 amide bonds. The van der Waals surface area contributed by atoms with Gasteiger partial charge in [-0.1, -0.05) is 41.9 Å². The molecule has 45 heavy (non-hydrogen) atoms. The van der Waals surface area contributed by atoms with Gasteiger partial charge in [-0.15, -0.1) is 0 Å². The number of carbonyl (C=O) groups excluding carboxylic acids is 1. The van der Waals surface area contributed by atoms with E-state index in [1.807, 2.05) is 0 Å². The minimum absolute atomic E-state index is 0.0527. The molecular weight excluding hydrogens is 627 g/mol. The van der Waals surface area contributed by atoms with Crippen molar-refractivity contribution in [3.8, 4) is 0 Å². The van der Waals surface area contributed by atoms with E-state index in [1.165, 1.54) is 22.6 Å². The van der Waals surface area contributed by atoms with Gasteiger partial charge in [-0.25, -0.2) is 21.6 Å². The van der Waals surface area contributed by atoms with Gasteiger partial charge in [0.1, 0.15) is 17.5 Å². The Kier molecular flexibility index (Phi) is 10.2. The lowest BCUT2D eigenvalue weighted by molar-refractivity contribution is -0.117. The van der Waals surface area contributed by atoms with Crippen LogP contribution in [0.15, 0.2) is 90.1 Å². The fourth-order valence-electron chi connectivity index (χ4n) is 5.57. The van der Waals surface area contributed by atoms with E-state index in [4.69, 9.17) is 17.3 Å². The molecule has 0 radical (unpaired) electrons. The summed E-state index contributed by atoms with van der Waals surface area (Å²) in [6.07, 6.45) is 2.60. The molecule has 3 atom stereocenters. The molecule has 236 valence electrons. The normalized spacial score (nSPS) is 17.0. The number of hydrogen-bond donors (Lipinski definition) is 3. The first kappa shape index (κ1) is 32.6. The lowest BCUT2D eigenvalue weighted by Crippen LogP contribution is -2.53. The number of carbonyl (C=O) groups is 1. The number of anilines is 1. The molecule has 1 aliphatic rings. The molecule has 4 aromatic rings. The Morgan fingerprint density at radius 3 is 2.40 bits per heavy atom. The molecule has 1 aliphatic heterocycles. The van der Waals surface area contributed by atoms with Crippen LogP contribution in [0.1, 0.15) is 29.0 Å². The maximum atomic E-state index is 15.2. The summed E-state index contributed by atoms with van der Waals surface area (Å²) in [5.74, 6) is -4.10. The third-order valence-corrected chi connectivity index (χ3v) is 9.99. The summed E-state index contributed by atoms with van der Waals surface area (Å²) < 4.78 is 71.8. The Hall–Kier alpha value is -3.81. The van der Waals surface area contributed by atoms with Gasteiger partial charge in [0, 0.05) is 48.2 Å². The number of nitrogens with two attached hydrogens (primary N) is 1. The second-order valence-corrected chi connectivity index (χ2v) is 13.0. The van der Waals surface area contributed by atoms with E-state index >= 15 is 4.39 Å². The number of hydrogen-bond acceptors (Lipinski definition) is 6. The molecule has 0 aliphatic carbocycles. The molecule has 1 aromatic heterocycles. The Balaban J connectivity index is 1.38. The van der Waals surface area contributed by atoms with Crippen molar-refractivity contribution < 1.29 is 26.4 Å². The summed E-state index contributed by atoms with van der Waals surface area (Å²) in [6.45, 7) is 1.07. The summed E-state index contributed by atoms with van der Waals surface area (Å²) in [5, 5.41) is 6.25. The molecule has 2 heterocycles. The molecule has 5 rings (SSSR count). The predicted molar refractivity (Wildman–Crippen MR) is 166 cm³/mol. The molecule has 0 saturated carbocycles. The quantitative estimate of drug-likeness (QED) is 0.225. The topological polar surface area (TPSA) is 117 Å². The smallest absolute Gasteiger partial charge is 0.243 e. The number of amides is 1. The third-order valence-electron chi connectivity index (χ3n) is 7.77. The Morgan fingerprint density at radius 1 is 1.02 bits per heavy atom. The van der Waals surface area contributed by atoms with E-state index < -0.39 is 51.4 Å². The molecule has 8 nitrogen and oxygen atoms in total. The molecule has 0 bridgehead atoms. The number of rotatable bonds is 10. The van der Waals surface area contributed by atoms with Gasteiger partial charge in [0.15, 0.2) is 0 Å². The first-order chi connectivity index (χ1) is 21.5. The number of aromatic nitrogens is 1. The standard InChI is InChI=1S/C32H31ClF3N5O3S/c33-22-8-6-20(7-9-22)30(21-14-23(34)16-24(35)15-21)31(37)32(42)40-29-19-39-18-28(36)27(29)11-10-25-17-38-12-13-41(25)45(43,44)26-4-2-1-3-5-26/h1-9,14-16,18-19,25,30-31,38H,10-13,17,37H2,(H,40,42)/t25-,30-,31-/m0/s1. The number of sulfonamides is 1. The summed E-state index contributed by atoms with van der Waals surface area (Å²) in [6, 6.07) is 15.5. The fourth-order valence-corrected chi connectivity index (χ4v) is 7.37. The van der Waals surface area contributed by atoms with Crippen LogP contribution >= 0.6 is 11.6 Å². The summed E-state index contributed by atoms with van der Waals surface area (Å²) >= 11 is 6.03. The number of halogens is 4. The second kappa shape index (κ2) is 14.1. The molecule has 1 fully saturated rings. The predicted octanol–water partition coefficient (Wildman–Crippen LogP) is 4.85. The van der Waals surface area contributed by atoms with Crippen LogP contribution in [0.3, 0.4) is 0 Å². The van der Waals surface area contributed by atoms with Gasteiger partial charge >= 0.3 is 0 Å². The number of nitrogens with one attached hydrogen (secondary N) is 2. The zero-order valence-electron chi connectivity index (χ0n) is 24.0. The van der Waals surface area contributed by atoms with Gasteiger partial charge in [0.2, 0.25) is 15.9 Å². The van der Waals surface area contributed by atoms with Gasteiger partial charge in [0.05, 0.1) is 29.0 Å². The van der Waals surface area contributed by atoms with Gasteiger partial charge in [-0.2, -0.15) is 4.31 Å². The first-order valence-electron chi connectivity index (χ1n) is 14.2. The molecule has 13 heteroatoms. The zero-order valence-corrected chi connectivity index (χ0v) is 25.5. The van der Waals surface area contributed by atoms with Gasteiger partial charge in [-0.3, -0.25) is 9.78 Å². The number of nitrogens with zero attached hydrogens (tertiary/aromatic N) is 2. The van der Waals surface area contributed by atoms with Crippen molar-refractivity contribution in [2.24, 2.45) is 5.73 Å². The van der Waals surface area contributed by atoms with Crippen LogP contribution in [0.5, 0.6) is 0 Å². The monoisotopic (exact) mass is 657 g/mol. The lowest BCUT2D eigenvalue weighted by atomic mass is 9.84. The largest absolute Gasteiger partial charge is 0.323 e. The summed E-state index contributed by atoms with van der Waals surface area (Å²) in [5.41, 5.74) is 7.20. The van der Waals surface area contributed by atoms with Crippen molar-refractivity contribution in [3.63, 3.8) is 0 Å². The molecule has 4 N–H and O–H groups in total. The molecule has 0 spiro atoms. The van der Waals surface area contributed by atoms with Crippen molar-refractivity contribution in [2.45, 2.75) is 35.7 Å². The van der Waals surface area contributed by atoms with E-state index in [1.54, 1.807) is 42.5 Å². The number of pyridine rings is 1. The highest BCUT2D eigenvalue weighted by Gasteiger charge is 2.34. The van der Waals surface area contributed by atoms with Gasteiger partial charge < -0.3 is 16.4 Å². The van der Waals surface area contributed by atoms with E-state index in [0.717, 1.165) is 18.3 Å². The Labute approximate surface area is 264 Å². The Bertz CT molecular complexity index is 1740.